The Labute approximate surface area is 135 Å². The van der Waals surface area contributed by atoms with Crippen LogP contribution in [-0.4, -0.2) is 42.4 Å². The van der Waals surface area contributed by atoms with Gasteiger partial charge in [0, 0.05) is 13.2 Å². The topological polar surface area (TPSA) is 100 Å². The van der Waals surface area contributed by atoms with E-state index in [9.17, 15) is 14.7 Å². The molecule has 0 bridgehead atoms. The Morgan fingerprint density at radius 1 is 1.45 bits per heavy atom. The molecule has 0 aromatic heterocycles. The summed E-state index contributed by atoms with van der Waals surface area (Å²) < 4.78 is 5.85. The predicted molar refractivity (Wildman–Crippen MR) is 83.5 cm³/mol. The highest BCUT2D eigenvalue weighted by molar-refractivity contribution is 9.10. The molecule has 1 atom stereocenters. The van der Waals surface area contributed by atoms with E-state index in [4.69, 9.17) is 4.74 Å². The standard InChI is InChI=1S/C14H16BrN3O4/c15-11-6-9(3-4-12(11)19)7-17-18-14(21)13(20)16-8-10-2-1-5-22-10/h3-4,6-7,10,19H,1-2,5,8H2,(H,16,20)(H,18,21)/b17-7+/t10-/m1/s1. The minimum atomic E-state index is -0.841. The second-order valence-corrected chi connectivity index (χ2v) is 5.61. The van der Waals surface area contributed by atoms with Gasteiger partial charge in [0.05, 0.1) is 16.8 Å². The molecule has 1 aromatic rings. The molecule has 1 aliphatic heterocycles. The van der Waals surface area contributed by atoms with Crippen molar-refractivity contribution in [2.75, 3.05) is 13.2 Å². The first kappa shape index (κ1) is 16.4. The van der Waals surface area contributed by atoms with Crippen LogP contribution in [-0.2, 0) is 14.3 Å². The molecule has 0 spiro atoms. The normalized spacial score (nSPS) is 17.6. The molecule has 0 radical (unpaired) electrons. The SMILES string of the molecule is O=C(NC[C@H]1CCCO1)C(=O)N/N=C/c1ccc(O)c(Br)c1. The molecule has 118 valence electrons. The maximum atomic E-state index is 11.5. The number of hydrazone groups is 1. The third kappa shape index (κ3) is 4.81. The van der Waals surface area contributed by atoms with E-state index in [2.05, 4.69) is 31.8 Å². The molecule has 1 heterocycles. The zero-order valence-electron chi connectivity index (χ0n) is 11.7. The van der Waals surface area contributed by atoms with Gasteiger partial charge in [-0.1, -0.05) is 0 Å². The molecule has 8 heteroatoms. The fourth-order valence-electron chi connectivity index (χ4n) is 1.91. The van der Waals surface area contributed by atoms with E-state index in [1.54, 1.807) is 12.1 Å². The van der Waals surface area contributed by atoms with Crippen LogP contribution >= 0.6 is 15.9 Å². The van der Waals surface area contributed by atoms with E-state index in [-0.39, 0.29) is 11.9 Å². The predicted octanol–water partition coefficient (Wildman–Crippen LogP) is 0.900. The monoisotopic (exact) mass is 369 g/mol. The second-order valence-electron chi connectivity index (χ2n) is 4.76. The number of halogens is 1. The maximum absolute atomic E-state index is 11.5. The summed E-state index contributed by atoms with van der Waals surface area (Å²) >= 11 is 3.17. The number of rotatable bonds is 4. The molecule has 1 aliphatic rings. The number of phenols is 1. The van der Waals surface area contributed by atoms with E-state index < -0.39 is 11.8 Å². The highest BCUT2D eigenvalue weighted by Crippen LogP contribution is 2.23. The van der Waals surface area contributed by atoms with Crippen LogP contribution in [0.25, 0.3) is 0 Å². The number of carbonyl (C=O) groups is 2. The van der Waals surface area contributed by atoms with E-state index in [0.717, 1.165) is 12.8 Å². The lowest BCUT2D eigenvalue weighted by molar-refractivity contribution is -0.139. The zero-order valence-corrected chi connectivity index (χ0v) is 13.3. The Balaban J connectivity index is 1.77. The van der Waals surface area contributed by atoms with Crippen molar-refractivity contribution in [1.29, 1.82) is 0 Å². The number of benzene rings is 1. The summed E-state index contributed by atoms with van der Waals surface area (Å²) in [6.07, 6.45) is 3.21. The van der Waals surface area contributed by atoms with Gasteiger partial charge in [-0.15, -0.1) is 0 Å². The number of aromatic hydroxyl groups is 1. The largest absolute Gasteiger partial charge is 0.507 e. The van der Waals surface area contributed by atoms with Crippen LogP contribution < -0.4 is 10.7 Å². The summed E-state index contributed by atoms with van der Waals surface area (Å²) in [5, 5.41) is 15.5. The quantitative estimate of drug-likeness (QED) is 0.417. The van der Waals surface area contributed by atoms with Crippen LogP contribution in [0.5, 0.6) is 5.75 Å². The van der Waals surface area contributed by atoms with Crippen molar-refractivity contribution in [2.45, 2.75) is 18.9 Å². The van der Waals surface area contributed by atoms with Gasteiger partial charge in [-0.25, -0.2) is 5.43 Å². The summed E-state index contributed by atoms with van der Waals surface area (Å²) in [6, 6.07) is 4.73. The molecular weight excluding hydrogens is 354 g/mol. The molecule has 7 nitrogen and oxygen atoms in total. The number of phenolic OH excluding ortho intramolecular Hbond substituents is 1. The van der Waals surface area contributed by atoms with Gasteiger partial charge in [-0.2, -0.15) is 5.10 Å². The summed E-state index contributed by atoms with van der Waals surface area (Å²) in [6.45, 7) is 1.01. The molecule has 1 saturated heterocycles. The van der Waals surface area contributed by atoms with Crippen LogP contribution in [0.1, 0.15) is 18.4 Å². The Morgan fingerprint density at radius 2 is 2.27 bits per heavy atom. The van der Waals surface area contributed by atoms with Crippen molar-refractivity contribution in [2.24, 2.45) is 5.10 Å². The lowest BCUT2D eigenvalue weighted by Crippen LogP contribution is -2.41. The van der Waals surface area contributed by atoms with Gasteiger partial charge in [0.25, 0.3) is 0 Å². The van der Waals surface area contributed by atoms with Gasteiger partial charge in [0.2, 0.25) is 0 Å². The first-order chi connectivity index (χ1) is 10.6. The van der Waals surface area contributed by atoms with Gasteiger partial charge in [-0.3, -0.25) is 9.59 Å². The molecule has 22 heavy (non-hydrogen) atoms. The summed E-state index contributed by atoms with van der Waals surface area (Å²) in [4.78, 5) is 23.1. The summed E-state index contributed by atoms with van der Waals surface area (Å²) in [7, 11) is 0. The molecule has 2 rings (SSSR count). The number of carbonyl (C=O) groups excluding carboxylic acids is 2. The number of hydrogen-bond donors (Lipinski definition) is 3. The lowest BCUT2D eigenvalue weighted by Gasteiger charge is -2.09. The van der Waals surface area contributed by atoms with E-state index in [0.29, 0.717) is 23.2 Å². The van der Waals surface area contributed by atoms with E-state index in [1.807, 2.05) is 0 Å². The first-order valence-corrected chi connectivity index (χ1v) is 7.57. The van der Waals surface area contributed by atoms with Crippen molar-refractivity contribution >= 4 is 34.0 Å². The first-order valence-electron chi connectivity index (χ1n) is 6.77. The second kappa shape index (κ2) is 7.90. The third-order valence-corrected chi connectivity index (χ3v) is 3.71. The summed E-state index contributed by atoms with van der Waals surface area (Å²) in [5.74, 6) is -1.48. The van der Waals surface area contributed by atoms with Crippen LogP contribution in [0.2, 0.25) is 0 Å². The number of nitrogens with one attached hydrogen (secondary N) is 2. The summed E-state index contributed by atoms with van der Waals surface area (Å²) in [5.41, 5.74) is 2.80. The van der Waals surface area contributed by atoms with Crippen molar-refractivity contribution in [3.63, 3.8) is 0 Å². The number of amides is 2. The molecular formula is C14H16BrN3O4. The van der Waals surface area contributed by atoms with Crippen LogP contribution in [0.4, 0.5) is 0 Å². The van der Waals surface area contributed by atoms with Crippen molar-refractivity contribution in [1.82, 2.24) is 10.7 Å². The van der Waals surface area contributed by atoms with Crippen molar-refractivity contribution < 1.29 is 19.4 Å². The Hall–Kier alpha value is -1.93. The van der Waals surface area contributed by atoms with Crippen LogP contribution in [0.15, 0.2) is 27.8 Å². The Bertz CT molecular complexity index is 585. The Morgan fingerprint density at radius 3 is 2.95 bits per heavy atom. The molecule has 2 amide bonds. The minimum Gasteiger partial charge on any atom is -0.507 e. The van der Waals surface area contributed by atoms with Gasteiger partial charge in [-0.05, 0) is 52.5 Å². The van der Waals surface area contributed by atoms with Gasteiger partial charge in [0.15, 0.2) is 0 Å². The van der Waals surface area contributed by atoms with Crippen LogP contribution in [0.3, 0.4) is 0 Å². The highest BCUT2D eigenvalue weighted by atomic mass is 79.9. The molecule has 1 fully saturated rings. The maximum Gasteiger partial charge on any atom is 0.329 e. The minimum absolute atomic E-state index is 0.0189. The van der Waals surface area contributed by atoms with E-state index >= 15 is 0 Å². The number of nitrogens with zero attached hydrogens (tertiary/aromatic N) is 1. The fraction of sp³-hybridized carbons (Fsp3) is 0.357. The van der Waals surface area contributed by atoms with Gasteiger partial charge in [0.1, 0.15) is 5.75 Å². The van der Waals surface area contributed by atoms with Crippen molar-refractivity contribution in [3.8, 4) is 5.75 Å². The van der Waals surface area contributed by atoms with E-state index in [1.165, 1.54) is 12.3 Å². The lowest BCUT2D eigenvalue weighted by atomic mass is 10.2. The van der Waals surface area contributed by atoms with Crippen molar-refractivity contribution in [3.05, 3.63) is 28.2 Å². The molecule has 0 aliphatic carbocycles. The third-order valence-electron chi connectivity index (χ3n) is 3.07. The van der Waals surface area contributed by atoms with Crippen LogP contribution in [0, 0.1) is 0 Å². The molecule has 3 N–H and O–H groups in total. The zero-order chi connectivity index (χ0) is 15.9. The molecule has 0 saturated carbocycles. The molecule has 0 unspecified atom stereocenters. The number of ether oxygens (including phenoxy) is 1. The number of hydrogen-bond acceptors (Lipinski definition) is 5. The van der Waals surface area contributed by atoms with Gasteiger partial charge >= 0.3 is 11.8 Å². The highest BCUT2D eigenvalue weighted by Gasteiger charge is 2.18. The molecule has 1 aromatic carbocycles. The smallest absolute Gasteiger partial charge is 0.329 e. The average molecular weight is 370 g/mol. The fourth-order valence-corrected chi connectivity index (χ4v) is 2.31. The Kier molecular flexibility index (Phi) is 5.91. The average Bonchev–Trinajstić information content (AvgIpc) is 3.01. The van der Waals surface area contributed by atoms with Gasteiger partial charge < -0.3 is 15.2 Å².